The molecule has 2 aromatic rings. The van der Waals surface area contributed by atoms with Crippen LogP contribution in [0.2, 0.25) is 0 Å². The second kappa shape index (κ2) is 6.22. The highest BCUT2D eigenvalue weighted by molar-refractivity contribution is 5.94. The third-order valence-electron chi connectivity index (χ3n) is 5.48. The summed E-state index contributed by atoms with van der Waals surface area (Å²) in [5.41, 5.74) is 4.39. The molecule has 0 atom stereocenters. The lowest BCUT2D eigenvalue weighted by atomic mass is 9.74. The Bertz CT molecular complexity index is 883. The molecule has 0 saturated carbocycles. The zero-order chi connectivity index (χ0) is 17.3. The number of fused-ring (bicyclic) bond motifs is 2. The number of nitrogens with zero attached hydrogens (tertiary/aromatic N) is 2. The topological polar surface area (TPSA) is 44.1 Å². The minimum atomic E-state index is 0.0740. The van der Waals surface area contributed by atoms with E-state index in [1.165, 1.54) is 11.1 Å². The van der Waals surface area contributed by atoms with Gasteiger partial charge in [-0.2, -0.15) is 5.26 Å². The molecule has 1 heterocycles. The van der Waals surface area contributed by atoms with Gasteiger partial charge in [0.15, 0.2) is 0 Å². The average molecular weight is 328 g/mol. The van der Waals surface area contributed by atoms with E-state index in [4.69, 9.17) is 5.26 Å². The summed E-state index contributed by atoms with van der Waals surface area (Å²) in [5, 5.41) is 8.84. The number of carbonyl (C=O) groups is 1. The fraction of sp³-hybridized carbons (Fsp3) is 0.273. The molecule has 1 saturated heterocycles. The lowest BCUT2D eigenvalue weighted by Crippen LogP contribution is -2.44. The molecule has 0 bridgehead atoms. The fourth-order valence-electron chi connectivity index (χ4n) is 4.07. The van der Waals surface area contributed by atoms with Crippen LogP contribution < -0.4 is 0 Å². The highest BCUT2D eigenvalue weighted by Gasteiger charge is 2.38. The quantitative estimate of drug-likeness (QED) is 0.838. The monoisotopic (exact) mass is 328 g/mol. The summed E-state index contributed by atoms with van der Waals surface area (Å²) in [7, 11) is 0. The molecule has 0 aromatic heterocycles. The summed E-state index contributed by atoms with van der Waals surface area (Å²) in [5.74, 6) is 0.0740. The highest BCUT2D eigenvalue weighted by Crippen LogP contribution is 2.43. The summed E-state index contributed by atoms with van der Waals surface area (Å²) >= 11 is 0. The van der Waals surface area contributed by atoms with Gasteiger partial charge in [-0.25, -0.2) is 0 Å². The van der Waals surface area contributed by atoms with Crippen LogP contribution >= 0.6 is 0 Å². The first-order valence-electron chi connectivity index (χ1n) is 8.76. The van der Waals surface area contributed by atoms with Crippen LogP contribution in [0.5, 0.6) is 0 Å². The largest absolute Gasteiger partial charge is 0.339 e. The van der Waals surface area contributed by atoms with E-state index < -0.39 is 0 Å². The predicted molar refractivity (Wildman–Crippen MR) is 98.1 cm³/mol. The standard InChI is InChI=1S/C22H20N2O/c23-13-9-17-4-3-6-19(16-17)21(25)24-14-11-22(12-15-24)10-8-18-5-1-2-7-20(18)22/h1-8,10,16H,9,11-12,14-15H2. The number of allylic oxidation sites excluding steroid dienone is 1. The predicted octanol–water partition coefficient (Wildman–Crippen LogP) is 3.95. The molecule has 3 nitrogen and oxygen atoms in total. The van der Waals surface area contributed by atoms with Crippen molar-refractivity contribution < 1.29 is 4.79 Å². The van der Waals surface area contributed by atoms with E-state index in [1.54, 1.807) is 0 Å². The number of carbonyl (C=O) groups excluding carboxylic acids is 1. The molecule has 1 aliphatic heterocycles. The van der Waals surface area contributed by atoms with Crippen LogP contribution in [0.15, 0.2) is 54.6 Å². The van der Waals surface area contributed by atoms with Crippen molar-refractivity contribution in [3.63, 3.8) is 0 Å². The van der Waals surface area contributed by atoms with Gasteiger partial charge < -0.3 is 4.90 Å². The van der Waals surface area contributed by atoms with Crippen LogP contribution in [0.3, 0.4) is 0 Å². The molecule has 3 heteroatoms. The first-order chi connectivity index (χ1) is 12.2. The van der Waals surface area contributed by atoms with Gasteiger partial charge in [-0.05, 0) is 41.7 Å². The third kappa shape index (κ3) is 2.74. The van der Waals surface area contributed by atoms with Gasteiger partial charge in [0.2, 0.25) is 0 Å². The Labute approximate surface area is 148 Å². The lowest BCUT2D eigenvalue weighted by molar-refractivity contribution is 0.0690. The zero-order valence-electron chi connectivity index (χ0n) is 14.1. The summed E-state index contributed by atoms with van der Waals surface area (Å²) < 4.78 is 0. The van der Waals surface area contributed by atoms with E-state index in [0.717, 1.165) is 31.5 Å². The Kier molecular flexibility index (Phi) is 3.89. The summed E-state index contributed by atoms with van der Waals surface area (Å²) in [4.78, 5) is 14.8. The number of hydrogen-bond donors (Lipinski definition) is 0. The maximum atomic E-state index is 12.8. The maximum absolute atomic E-state index is 12.8. The van der Waals surface area contributed by atoms with Crippen LogP contribution in [-0.2, 0) is 11.8 Å². The van der Waals surface area contributed by atoms with Crippen molar-refractivity contribution in [2.45, 2.75) is 24.7 Å². The van der Waals surface area contributed by atoms with E-state index in [1.807, 2.05) is 29.2 Å². The SMILES string of the molecule is N#CCc1cccc(C(=O)N2CCC3(C=Cc4ccccc43)CC2)c1. The Morgan fingerprint density at radius 3 is 2.72 bits per heavy atom. The Balaban J connectivity index is 1.50. The maximum Gasteiger partial charge on any atom is 0.253 e. The minimum Gasteiger partial charge on any atom is -0.339 e. The van der Waals surface area contributed by atoms with Crippen molar-refractivity contribution in [2.24, 2.45) is 0 Å². The van der Waals surface area contributed by atoms with Gasteiger partial charge in [0.1, 0.15) is 0 Å². The fourth-order valence-corrected chi connectivity index (χ4v) is 4.07. The van der Waals surface area contributed by atoms with E-state index >= 15 is 0 Å². The average Bonchev–Trinajstić information content (AvgIpc) is 3.01. The van der Waals surface area contributed by atoms with Crippen LogP contribution in [0.25, 0.3) is 6.08 Å². The summed E-state index contributed by atoms with van der Waals surface area (Å²) in [6, 6.07) is 18.2. The number of rotatable bonds is 2. The number of benzene rings is 2. The summed E-state index contributed by atoms with van der Waals surface area (Å²) in [6.07, 6.45) is 6.81. The van der Waals surface area contributed by atoms with E-state index in [0.29, 0.717) is 12.0 Å². The van der Waals surface area contributed by atoms with Crippen LogP contribution in [0.4, 0.5) is 0 Å². The van der Waals surface area contributed by atoms with Gasteiger partial charge >= 0.3 is 0 Å². The van der Waals surface area contributed by atoms with Crippen molar-refractivity contribution in [1.29, 1.82) is 5.26 Å². The molecule has 1 aliphatic carbocycles. The van der Waals surface area contributed by atoms with Gasteiger partial charge in [-0.1, -0.05) is 48.6 Å². The molecule has 0 N–H and O–H groups in total. The van der Waals surface area contributed by atoms with Crippen LogP contribution in [-0.4, -0.2) is 23.9 Å². The molecule has 2 aromatic carbocycles. The molecular weight excluding hydrogens is 308 g/mol. The second-order valence-corrected chi connectivity index (χ2v) is 6.90. The lowest BCUT2D eigenvalue weighted by Gasteiger charge is -2.39. The van der Waals surface area contributed by atoms with Gasteiger partial charge in [0.25, 0.3) is 5.91 Å². The number of nitriles is 1. The summed E-state index contributed by atoms with van der Waals surface area (Å²) in [6.45, 7) is 1.53. The zero-order valence-corrected chi connectivity index (χ0v) is 14.1. The smallest absolute Gasteiger partial charge is 0.253 e. The van der Waals surface area contributed by atoms with Crippen LogP contribution in [0.1, 0.15) is 39.9 Å². The Hall–Kier alpha value is -2.86. The van der Waals surface area contributed by atoms with Crippen molar-refractivity contribution in [3.05, 3.63) is 76.9 Å². The number of piperidine rings is 1. The van der Waals surface area contributed by atoms with Gasteiger partial charge in [0, 0.05) is 24.1 Å². The van der Waals surface area contributed by atoms with Crippen molar-refractivity contribution in [1.82, 2.24) is 4.90 Å². The van der Waals surface area contributed by atoms with Crippen LogP contribution in [0, 0.1) is 11.3 Å². The molecular formula is C22H20N2O. The molecule has 0 unspecified atom stereocenters. The molecule has 0 radical (unpaired) electrons. The second-order valence-electron chi connectivity index (χ2n) is 6.90. The normalized spacial score (nSPS) is 17.3. The Morgan fingerprint density at radius 1 is 1.12 bits per heavy atom. The first kappa shape index (κ1) is 15.7. The molecule has 1 amide bonds. The van der Waals surface area contributed by atoms with E-state index in [-0.39, 0.29) is 11.3 Å². The number of likely N-dealkylation sites (tertiary alicyclic amines) is 1. The van der Waals surface area contributed by atoms with Gasteiger partial charge in [-0.3, -0.25) is 4.79 Å². The van der Waals surface area contributed by atoms with Gasteiger partial charge in [0.05, 0.1) is 12.5 Å². The molecule has 2 aliphatic rings. The first-order valence-corrected chi connectivity index (χ1v) is 8.76. The molecule has 25 heavy (non-hydrogen) atoms. The molecule has 124 valence electrons. The molecule has 1 spiro atoms. The van der Waals surface area contributed by atoms with E-state index in [2.05, 4.69) is 42.5 Å². The molecule has 4 rings (SSSR count). The highest BCUT2D eigenvalue weighted by atomic mass is 16.2. The molecule has 1 fully saturated rings. The number of hydrogen-bond acceptors (Lipinski definition) is 2. The van der Waals surface area contributed by atoms with Crippen molar-refractivity contribution >= 4 is 12.0 Å². The number of amides is 1. The van der Waals surface area contributed by atoms with Gasteiger partial charge in [-0.15, -0.1) is 0 Å². The van der Waals surface area contributed by atoms with Crippen molar-refractivity contribution in [2.75, 3.05) is 13.1 Å². The Morgan fingerprint density at radius 2 is 1.92 bits per heavy atom. The third-order valence-corrected chi connectivity index (χ3v) is 5.48. The minimum absolute atomic E-state index is 0.0740. The van der Waals surface area contributed by atoms with Crippen molar-refractivity contribution in [3.8, 4) is 6.07 Å². The van der Waals surface area contributed by atoms with E-state index in [9.17, 15) is 4.79 Å².